The lowest BCUT2D eigenvalue weighted by molar-refractivity contribution is 0.0681. The van der Waals surface area contributed by atoms with Crippen LogP contribution in [0.3, 0.4) is 0 Å². The molecule has 1 amide bonds. The van der Waals surface area contributed by atoms with Crippen molar-refractivity contribution < 1.29 is 4.79 Å². The van der Waals surface area contributed by atoms with Crippen LogP contribution in [0.4, 0.5) is 5.82 Å². The molecular weight excluding hydrogens is 326 g/mol. The number of nitrogens with zero attached hydrogens (tertiary/aromatic N) is 4. The molecule has 2 aromatic rings. The fraction of sp³-hybridized carbons (Fsp3) is 0.550. The van der Waals surface area contributed by atoms with Gasteiger partial charge in [0.25, 0.3) is 5.91 Å². The van der Waals surface area contributed by atoms with Gasteiger partial charge in [0, 0.05) is 37.6 Å². The molecule has 0 saturated carbocycles. The Balaban J connectivity index is 1.61. The van der Waals surface area contributed by atoms with Crippen molar-refractivity contribution in [3.63, 3.8) is 0 Å². The number of carbonyl (C=O) groups is 1. The Hall–Kier alpha value is -2.37. The van der Waals surface area contributed by atoms with Gasteiger partial charge in [0.15, 0.2) is 0 Å². The first-order chi connectivity index (χ1) is 12.4. The molecule has 2 aromatic heterocycles. The van der Waals surface area contributed by atoms with Crippen LogP contribution in [0.2, 0.25) is 0 Å². The third-order valence-corrected chi connectivity index (χ3v) is 4.90. The van der Waals surface area contributed by atoms with Crippen molar-refractivity contribution in [2.75, 3.05) is 18.4 Å². The van der Waals surface area contributed by atoms with E-state index in [1.807, 2.05) is 37.8 Å². The molecule has 0 bridgehead atoms. The highest BCUT2D eigenvalue weighted by molar-refractivity contribution is 5.98. The number of likely N-dealkylation sites (tertiary alicyclic amines) is 1. The van der Waals surface area contributed by atoms with Crippen LogP contribution >= 0.6 is 0 Å². The molecule has 3 heterocycles. The van der Waals surface area contributed by atoms with Crippen molar-refractivity contribution in [1.29, 1.82) is 0 Å². The number of aryl methyl sites for hydroxylation is 2. The average molecular weight is 355 g/mol. The molecule has 0 aliphatic carbocycles. The molecule has 26 heavy (non-hydrogen) atoms. The summed E-state index contributed by atoms with van der Waals surface area (Å²) in [6.07, 6.45) is 3.75. The Morgan fingerprint density at radius 3 is 2.65 bits per heavy atom. The van der Waals surface area contributed by atoms with E-state index in [1.165, 1.54) is 5.69 Å². The second-order valence-corrected chi connectivity index (χ2v) is 7.54. The summed E-state index contributed by atoms with van der Waals surface area (Å²) in [6, 6.07) is 6.05. The number of piperidine rings is 1. The first kappa shape index (κ1) is 18.4. The smallest absolute Gasteiger partial charge is 0.257 e. The van der Waals surface area contributed by atoms with E-state index in [4.69, 9.17) is 0 Å². The SMILES string of the molecule is Cc1cc(C)n(CC2CCN(C(=O)c3cccnc3NC(C)C)CC2)n1. The number of nitrogens with one attached hydrogen (secondary N) is 1. The number of amides is 1. The summed E-state index contributed by atoms with van der Waals surface area (Å²) < 4.78 is 2.10. The van der Waals surface area contributed by atoms with E-state index in [1.54, 1.807) is 6.20 Å². The van der Waals surface area contributed by atoms with Crippen LogP contribution in [0.5, 0.6) is 0 Å². The van der Waals surface area contributed by atoms with Crippen molar-refractivity contribution in [2.45, 2.75) is 53.1 Å². The van der Waals surface area contributed by atoms with Gasteiger partial charge in [-0.05, 0) is 64.7 Å². The minimum atomic E-state index is 0.0748. The van der Waals surface area contributed by atoms with Crippen molar-refractivity contribution in [2.24, 2.45) is 5.92 Å². The van der Waals surface area contributed by atoms with E-state index in [0.29, 0.717) is 17.3 Å². The van der Waals surface area contributed by atoms with E-state index >= 15 is 0 Å². The van der Waals surface area contributed by atoms with E-state index in [9.17, 15) is 4.79 Å². The molecule has 0 atom stereocenters. The van der Waals surface area contributed by atoms with Gasteiger partial charge in [-0.2, -0.15) is 5.10 Å². The standard InChI is InChI=1S/C20H29N5O/c1-14(2)22-19-18(6-5-9-21-19)20(26)24-10-7-17(8-11-24)13-25-16(4)12-15(3)23-25/h5-6,9,12,14,17H,7-8,10-11,13H2,1-4H3,(H,21,22). The number of carbonyl (C=O) groups excluding carboxylic acids is 1. The second kappa shape index (κ2) is 7.89. The fourth-order valence-electron chi connectivity index (χ4n) is 3.56. The molecule has 0 aromatic carbocycles. The first-order valence-electron chi connectivity index (χ1n) is 9.46. The minimum absolute atomic E-state index is 0.0748. The van der Waals surface area contributed by atoms with Crippen LogP contribution in [0.15, 0.2) is 24.4 Å². The highest BCUT2D eigenvalue weighted by Gasteiger charge is 2.26. The van der Waals surface area contributed by atoms with Crippen LogP contribution in [0.25, 0.3) is 0 Å². The van der Waals surface area contributed by atoms with Gasteiger partial charge in [-0.15, -0.1) is 0 Å². The Morgan fingerprint density at radius 2 is 2.04 bits per heavy atom. The average Bonchev–Trinajstić information content (AvgIpc) is 2.92. The highest BCUT2D eigenvalue weighted by Crippen LogP contribution is 2.23. The lowest BCUT2D eigenvalue weighted by atomic mass is 9.96. The zero-order valence-corrected chi connectivity index (χ0v) is 16.2. The Labute approximate surface area is 155 Å². The molecule has 140 valence electrons. The molecule has 0 spiro atoms. The number of anilines is 1. The number of aromatic nitrogens is 3. The molecule has 6 nitrogen and oxygen atoms in total. The number of rotatable bonds is 5. The number of pyridine rings is 1. The van der Waals surface area contributed by atoms with Gasteiger partial charge in [0.05, 0.1) is 11.3 Å². The van der Waals surface area contributed by atoms with Gasteiger partial charge >= 0.3 is 0 Å². The van der Waals surface area contributed by atoms with Gasteiger partial charge in [-0.1, -0.05) is 0 Å². The monoisotopic (exact) mass is 355 g/mol. The number of hydrogen-bond donors (Lipinski definition) is 1. The predicted molar refractivity (Wildman–Crippen MR) is 103 cm³/mol. The largest absolute Gasteiger partial charge is 0.367 e. The van der Waals surface area contributed by atoms with Crippen LogP contribution < -0.4 is 5.32 Å². The van der Waals surface area contributed by atoms with E-state index in [-0.39, 0.29) is 11.9 Å². The van der Waals surface area contributed by atoms with Gasteiger partial charge in [-0.25, -0.2) is 4.98 Å². The molecule has 1 saturated heterocycles. The third-order valence-electron chi connectivity index (χ3n) is 4.90. The quantitative estimate of drug-likeness (QED) is 0.894. The lowest BCUT2D eigenvalue weighted by Gasteiger charge is -2.32. The zero-order chi connectivity index (χ0) is 18.7. The highest BCUT2D eigenvalue weighted by atomic mass is 16.2. The maximum absolute atomic E-state index is 13.0. The summed E-state index contributed by atoms with van der Waals surface area (Å²) in [7, 11) is 0. The van der Waals surface area contributed by atoms with Crippen molar-refractivity contribution in [1.82, 2.24) is 19.7 Å². The molecular formula is C20H29N5O. The second-order valence-electron chi connectivity index (χ2n) is 7.54. The van der Waals surface area contributed by atoms with E-state index in [0.717, 1.165) is 38.2 Å². The third kappa shape index (κ3) is 4.23. The summed E-state index contributed by atoms with van der Waals surface area (Å²) in [5.74, 6) is 1.32. The summed E-state index contributed by atoms with van der Waals surface area (Å²) in [4.78, 5) is 19.3. The number of hydrogen-bond acceptors (Lipinski definition) is 4. The summed E-state index contributed by atoms with van der Waals surface area (Å²) >= 11 is 0. The molecule has 1 aliphatic rings. The van der Waals surface area contributed by atoms with Crippen LogP contribution in [-0.2, 0) is 6.54 Å². The van der Waals surface area contributed by atoms with Crippen LogP contribution in [0, 0.1) is 19.8 Å². The fourth-order valence-corrected chi connectivity index (χ4v) is 3.56. The zero-order valence-electron chi connectivity index (χ0n) is 16.2. The van der Waals surface area contributed by atoms with Crippen LogP contribution in [-0.4, -0.2) is 44.7 Å². The molecule has 1 N–H and O–H groups in total. The minimum Gasteiger partial charge on any atom is -0.367 e. The topological polar surface area (TPSA) is 63.1 Å². The molecule has 1 aliphatic heterocycles. The maximum atomic E-state index is 13.0. The summed E-state index contributed by atoms with van der Waals surface area (Å²) in [5.41, 5.74) is 2.94. The summed E-state index contributed by atoms with van der Waals surface area (Å²) in [6.45, 7) is 10.7. The van der Waals surface area contributed by atoms with Crippen LogP contribution in [0.1, 0.15) is 48.4 Å². The maximum Gasteiger partial charge on any atom is 0.257 e. The van der Waals surface area contributed by atoms with Gasteiger partial charge < -0.3 is 10.2 Å². The van der Waals surface area contributed by atoms with Crippen molar-refractivity contribution in [3.8, 4) is 0 Å². The van der Waals surface area contributed by atoms with Crippen molar-refractivity contribution >= 4 is 11.7 Å². The molecule has 0 radical (unpaired) electrons. The predicted octanol–water partition coefficient (Wildman–Crippen LogP) is 3.27. The van der Waals surface area contributed by atoms with E-state index < -0.39 is 0 Å². The van der Waals surface area contributed by atoms with Crippen molar-refractivity contribution in [3.05, 3.63) is 41.3 Å². The van der Waals surface area contributed by atoms with E-state index in [2.05, 4.69) is 33.1 Å². The Bertz CT molecular complexity index is 759. The van der Waals surface area contributed by atoms with Gasteiger partial charge in [0.2, 0.25) is 0 Å². The molecule has 3 rings (SSSR count). The molecule has 0 unspecified atom stereocenters. The lowest BCUT2D eigenvalue weighted by Crippen LogP contribution is -2.40. The first-order valence-corrected chi connectivity index (χ1v) is 9.46. The molecule has 1 fully saturated rings. The Kier molecular flexibility index (Phi) is 5.59. The van der Waals surface area contributed by atoms with Gasteiger partial charge in [-0.3, -0.25) is 9.48 Å². The normalized spacial score (nSPS) is 15.5. The molecule has 6 heteroatoms. The Morgan fingerprint density at radius 1 is 1.31 bits per heavy atom. The van der Waals surface area contributed by atoms with Gasteiger partial charge in [0.1, 0.15) is 5.82 Å². The summed E-state index contributed by atoms with van der Waals surface area (Å²) in [5, 5.41) is 7.84.